The second-order valence-electron chi connectivity index (χ2n) is 6.83. The Morgan fingerprint density at radius 1 is 1.10 bits per heavy atom. The Hall–Kier alpha value is -1.81. The van der Waals surface area contributed by atoms with Gasteiger partial charge in [0.1, 0.15) is 11.3 Å². The van der Waals surface area contributed by atoms with Crippen molar-refractivity contribution in [2.75, 3.05) is 0 Å². The fraction of sp³-hybridized carbons (Fsp3) is 0.353. The van der Waals surface area contributed by atoms with E-state index in [4.69, 9.17) is 4.43 Å². The van der Waals surface area contributed by atoms with Gasteiger partial charge < -0.3 is 9.53 Å². The van der Waals surface area contributed by atoms with Crippen LogP contribution in [0.5, 0.6) is 5.75 Å². The first-order chi connectivity index (χ1) is 9.63. The highest BCUT2D eigenvalue weighted by molar-refractivity contribution is 6.74. The molecule has 0 saturated carbocycles. The van der Waals surface area contributed by atoms with Gasteiger partial charge in [0.05, 0.1) is 0 Å². The van der Waals surface area contributed by atoms with Gasteiger partial charge in [0.2, 0.25) is 0 Å². The number of carbonyl (C=O) groups is 1. The van der Waals surface area contributed by atoms with Crippen molar-refractivity contribution in [2.24, 2.45) is 0 Å². The van der Waals surface area contributed by atoms with E-state index in [9.17, 15) is 9.90 Å². The molecule has 0 amide bonds. The number of carboxylic acid groups (broad SMARTS) is 1. The molecule has 0 radical (unpaired) electrons. The molecule has 4 heteroatoms. The van der Waals surface area contributed by atoms with Gasteiger partial charge in [0.15, 0.2) is 0 Å². The van der Waals surface area contributed by atoms with Gasteiger partial charge in [-0.1, -0.05) is 51.1 Å². The molecule has 0 saturated heterocycles. The van der Waals surface area contributed by atoms with Crippen LogP contribution in [0.1, 0.15) is 31.1 Å². The third-order valence-electron chi connectivity index (χ3n) is 4.28. The zero-order valence-corrected chi connectivity index (χ0v) is 14.2. The molecule has 112 valence electrons. The van der Waals surface area contributed by atoms with Crippen molar-refractivity contribution in [3.05, 3.63) is 42.0 Å². The second kappa shape index (κ2) is 5.19. The molecule has 1 N–H and O–H groups in total. The molecule has 0 aliphatic heterocycles. The van der Waals surface area contributed by atoms with Crippen LogP contribution in [-0.4, -0.2) is 19.4 Å². The molecule has 2 rings (SSSR count). The van der Waals surface area contributed by atoms with E-state index in [1.807, 2.05) is 30.3 Å². The molecule has 0 aromatic heterocycles. The van der Waals surface area contributed by atoms with Crippen molar-refractivity contribution in [1.29, 1.82) is 0 Å². The monoisotopic (exact) mass is 302 g/mol. The Morgan fingerprint density at radius 3 is 2.29 bits per heavy atom. The minimum absolute atomic E-state index is 0.0222. The predicted molar refractivity (Wildman–Crippen MR) is 88.7 cm³/mol. The van der Waals surface area contributed by atoms with Gasteiger partial charge in [-0.15, -0.1) is 0 Å². The van der Waals surface area contributed by atoms with E-state index < -0.39 is 14.3 Å². The number of aromatic carboxylic acids is 1. The van der Waals surface area contributed by atoms with Gasteiger partial charge in [-0.25, -0.2) is 4.79 Å². The first kappa shape index (κ1) is 15.6. The van der Waals surface area contributed by atoms with Crippen molar-refractivity contribution in [1.82, 2.24) is 0 Å². The highest BCUT2D eigenvalue weighted by atomic mass is 28.4. The van der Waals surface area contributed by atoms with E-state index in [0.717, 1.165) is 10.8 Å². The minimum atomic E-state index is -2.07. The van der Waals surface area contributed by atoms with Crippen LogP contribution in [0.25, 0.3) is 10.8 Å². The number of carboxylic acids is 1. The van der Waals surface area contributed by atoms with Crippen LogP contribution in [0.2, 0.25) is 18.1 Å². The van der Waals surface area contributed by atoms with Crippen molar-refractivity contribution in [3.8, 4) is 5.75 Å². The fourth-order valence-corrected chi connectivity index (χ4v) is 3.01. The van der Waals surface area contributed by atoms with Gasteiger partial charge in [-0.05, 0) is 35.0 Å². The molecule has 21 heavy (non-hydrogen) atoms. The van der Waals surface area contributed by atoms with Gasteiger partial charge >= 0.3 is 5.97 Å². The fourth-order valence-electron chi connectivity index (χ4n) is 1.99. The number of benzene rings is 2. The molecule has 2 aromatic rings. The second-order valence-corrected chi connectivity index (χ2v) is 11.6. The topological polar surface area (TPSA) is 46.5 Å². The summed E-state index contributed by atoms with van der Waals surface area (Å²) in [5.74, 6) is -0.465. The Morgan fingerprint density at radius 2 is 1.71 bits per heavy atom. The highest BCUT2D eigenvalue weighted by Crippen LogP contribution is 2.39. The van der Waals surface area contributed by atoms with E-state index in [-0.39, 0.29) is 10.6 Å². The molecular formula is C17H22O3Si. The summed E-state index contributed by atoms with van der Waals surface area (Å²) >= 11 is 0. The van der Waals surface area contributed by atoms with Crippen LogP contribution in [0, 0.1) is 0 Å². The SMILES string of the molecule is CC(C)(C)[Si](C)(C)Oc1ccc2ccccc2c1C(=O)O. The average Bonchev–Trinajstić information content (AvgIpc) is 2.36. The Bertz CT molecular complexity index is 684. The van der Waals surface area contributed by atoms with Crippen molar-refractivity contribution < 1.29 is 14.3 Å². The van der Waals surface area contributed by atoms with Crippen LogP contribution in [0.4, 0.5) is 0 Å². The summed E-state index contributed by atoms with van der Waals surface area (Å²) in [6.45, 7) is 10.7. The van der Waals surface area contributed by atoms with Crippen LogP contribution < -0.4 is 4.43 Å². The first-order valence-corrected chi connectivity index (χ1v) is 9.98. The lowest BCUT2D eigenvalue weighted by Crippen LogP contribution is -2.44. The molecule has 0 aliphatic carbocycles. The molecule has 0 unspecified atom stereocenters. The Kier molecular flexibility index (Phi) is 3.85. The summed E-state index contributed by atoms with van der Waals surface area (Å²) in [6, 6.07) is 11.2. The zero-order chi connectivity index (χ0) is 15.8. The summed E-state index contributed by atoms with van der Waals surface area (Å²) in [5, 5.41) is 11.3. The number of rotatable bonds is 3. The average molecular weight is 302 g/mol. The molecule has 3 nitrogen and oxygen atoms in total. The van der Waals surface area contributed by atoms with Gasteiger partial charge in [-0.2, -0.15) is 0 Å². The summed E-state index contributed by atoms with van der Waals surface area (Å²) in [4.78, 5) is 11.7. The standard InChI is InChI=1S/C17H22O3Si/c1-17(2,3)21(4,5)20-14-11-10-12-8-6-7-9-13(12)15(14)16(18)19/h6-11H,1-5H3,(H,18,19). The molecule has 0 spiro atoms. The van der Waals surface area contributed by atoms with Crippen LogP contribution >= 0.6 is 0 Å². The molecule has 0 bridgehead atoms. The molecule has 0 atom stereocenters. The lowest BCUT2D eigenvalue weighted by molar-refractivity contribution is 0.0697. The lowest BCUT2D eigenvalue weighted by Gasteiger charge is -2.36. The lowest BCUT2D eigenvalue weighted by atomic mass is 10.0. The van der Waals surface area contributed by atoms with Crippen LogP contribution in [-0.2, 0) is 0 Å². The normalized spacial score (nSPS) is 12.4. The van der Waals surface area contributed by atoms with Crippen LogP contribution in [0.15, 0.2) is 36.4 Å². The van der Waals surface area contributed by atoms with Crippen molar-refractivity contribution >= 4 is 25.1 Å². The van der Waals surface area contributed by atoms with E-state index >= 15 is 0 Å². The Balaban J connectivity index is 2.60. The van der Waals surface area contributed by atoms with E-state index in [0.29, 0.717) is 5.75 Å². The summed E-state index contributed by atoms with van der Waals surface area (Å²) in [6.07, 6.45) is 0. The molecule has 0 aliphatic rings. The van der Waals surface area contributed by atoms with E-state index in [1.54, 1.807) is 6.07 Å². The maximum atomic E-state index is 11.7. The van der Waals surface area contributed by atoms with Gasteiger partial charge in [-0.3, -0.25) is 0 Å². The molecule has 2 aromatic carbocycles. The summed E-state index contributed by atoms with van der Waals surface area (Å²) < 4.78 is 6.22. The molecular weight excluding hydrogens is 280 g/mol. The zero-order valence-electron chi connectivity index (χ0n) is 13.2. The van der Waals surface area contributed by atoms with Crippen LogP contribution in [0.3, 0.4) is 0 Å². The van der Waals surface area contributed by atoms with Gasteiger partial charge in [0, 0.05) is 0 Å². The number of hydrogen-bond acceptors (Lipinski definition) is 2. The smallest absolute Gasteiger partial charge is 0.340 e. The largest absolute Gasteiger partial charge is 0.543 e. The van der Waals surface area contributed by atoms with Crippen molar-refractivity contribution in [3.63, 3.8) is 0 Å². The Labute approximate surface area is 126 Å². The quantitative estimate of drug-likeness (QED) is 0.818. The molecule has 0 heterocycles. The van der Waals surface area contributed by atoms with E-state index in [1.165, 1.54) is 0 Å². The third kappa shape index (κ3) is 2.95. The summed E-state index contributed by atoms with van der Waals surface area (Å²) in [7, 11) is -2.07. The predicted octanol–water partition coefficient (Wildman–Crippen LogP) is 4.92. The maximum absolute atomic E-state index is 11.7. The number of fused-ring (bicyclic) bond motifs is 1. The van der Waals surface area contributed by atoms with Crippen molar-refractivity contribution in [2.45, 2.75) is 38.9 Å². The van der Waals surface area contributed by atoms with E-state index in [2.05, 4.69) is 33.9 Å². The summed E-state index contributed by atoms with van der Waals surface area (Å²) in [5.41, 5.74) is 0.262. The first-order valence-electron chi connectivity index (χ1n) is 7.07. The number of hydrogen-bond donors (Lipinski definition) is 1. The third-order valence-corrected chi connectivity index (χ3v) is 8.62. The highest BCUT2D eigenvalue weighted by Gasteiger charge is 2.39. The molecule has 0 fully saturated rings. The minimum Gasteiger partial charge on any atom is -0.543 e. The maximum Gasteiger partial charge on any atom is 0.340 e. The van der Waals surface area contributed by atoms with Gasteiger partial charge in [0.25, 0.3) is 8.32 Å².